The van der Waals surface area contributed by atoms with Gasteiger partial charge in [0.25, 0.3) is 0 Å². The van der Waals surface area contributed by atoms with Gasteiger partial charge in [-0.25, -0.2) is 4.99 Å². The van der Waals surface area contributed by atoms with Gasteiger partial charge in [0.15, 0.2) is 5.78 Å². The highest BCUT2D eigenvalue weighted by Gasteiger charge is 2.29. The van der Waals surface area contributed by atoms with Gasteiger partial charge in [0.05, 0.1) is 5.92 Å². The molecule has 3 nitrogen and oxygen atoms in total. The van der Waals surface area contributed by atoms with E-state index in [4.69, 9.17) is 0 Å². The molecular weight excluding hydrogens is 392 g/mol. The molecule has 166 valence electrons. The molecular formula is C29H34N2O. The molecule has 0 aromatic heterocycles. The van der Waals surface area contributed by atoms with Crippen molar-refractivity contribution < 1.29 is 4.79 Å². The van der Waals surface area contributed by atoms with Crippen molar-refractivity contribution >= 4 is 11.6 Å². The van der Waals surface area contributed by atoms with Crippen molar-refractivity contribution in [3.63, 3.8) is 0 Å². The molecule has 2 aliphatic heterocycles. The summed E-state index contributed by atoms with van der Waals surface area (Å²) in [5, 5.41) is 0. The maximum atomic E-state index is 13.7. The summed E-state index contributed by atoms with van der Waals surface area (Å²) < 4.78 is 0. The van der Waals surface area contributed by atoms with Crippen LogP contribution < -0.4 is 0 Å². The second-order valence-corrected chi connectivity index (χ2v) is 10.1. The van der Waals surface area contributed by atoms with Crippen molar-refractivity contribution in [1.29, 1.82) is 0 Å². The first-order chi connectivity index (χ1) is 15.2. The third-order valence-corrected chi connectivity index (χ3v) is 6.66. The van der Waals surface area contributed by atoms with Crippen LogP contribution >= 0.6 is 0 Å². The SMILES string of the molecule is C=C1C(CC(C(=O)c2ccc(C(C)(C)C)cc2)c2ccc(C)cc2)=CN=C1N1CCCC1. The van der Waals surface area contributed by atoms with E-state index in [1.54, 1.807) is 0 Å². The number of aryl methyl sites for hydroxylation is 1. The van der Waals surface area contributed by atoms with Gasteiger partial charge in [0, 0.05) is 30.4 Å². The average molecular weight is 427 g/mol. The predicted molar refractivity (Wildman–Crippen MR) is 133 cm³/mol. The first-order valence-corrected chi connectivity index (χ1v) is 11.7. The minimum atomic E-state index is -0.257. The topological polar surface area (TPSA) is 32.7 Å². The Bertz CT molecular complexity index is 1060. The molecule has 1 fully saturated rings. The minimum Gasteiger partial charge on any atom is -0.356 e. The molecule has 0 spiro atoms. The monoisotopic (exact) mass is 426 g/mol. The van der Waals surface area contributed by atoms with E-state index in [9.17, 15) is 4.79 Å². The lowest BCUT2D eigenvalue weighted by atomic mass is 9.82. The summed E-state index contributed by atoms with van der Waals surface area (Å²) in [7, 11) is 0. The Kier molecular flexibility index (Phi) is 6.19. The van der Waals surface area contributed by atoms with Gasteiger partial charge < -0.3 is 4.90 Å². The van der Waals surface area contributed by atoms with Gasteiger partial charge in [-0.3, -0.25) is 4.79 Å². The summed E-state index contributed by atoms with van der Waals surface area (Å²) in [6.45, 7) is 15.1. The third kappa shape index (κ3) is 4.62. The van der Waals surface area contributed by atoms with Gasteiger partial charge >= 0.3 is 0 Å². The standard InChI is InChI=1S/C29H34N2O/c1-20-8-10-22(11-9-20)26(27(32)23-12-14-25(15-13-23)29(3,4)5)18-24-19-30-28(21(24)2)31-16-6-7-17-31/h8-15,19,26H,2,6-7,16-18H2,1,3-5H3. The Balaban J connectivity index is 1.59. The molecule has 2 aliphatic rings. The van der Waals surface area contributed by atoms with Crippen molar-refractivity contribution in [3.05, 3.63) is 94.7 Å². The number of nitrogens with zero attached hydrogens (tertiary/aromatic N) is 2. The van der Waals surface area contributed by atoms with E-state index in [0.29, 0.717) is 6.42 Å². The number of carbonyl (C=O) groups is 1. The zero-order chi connectivity index (χ0) is 22.9. The highest BCUT2D eigenvalue weighted by molar-refractivity contribution is 6.05. The van der Waals surface area contributed by atoms with Crippen molar-refractivity contribution in [1.82, 2.24) is 4.90 Å². The highest BCUT2D eigenvalue weighted by atomic mass is 16.1. The van der Waals surface area contributed by atoms with E-state index < -0.39 is 0 Å². The van der Waals surface area contributed by atoms with Crippen molar-refractivity contribution in [2.45, 2.75) is 58.3 Å². The Hall–Kier alpha value is -2.94. The van der Waals surface area contributed by atoms with Crippen LogP contribution in [0.25, 0.3) is 0 Å². The molecule has 0 amide bonds. The predicted octanol–water partition coefficient (Wildman–Crippen LogP) is 6.60. The third-order valence-electron chi connectivity index (χ3n) is 6.66. The van der Waals surface area contributed by atoms with Crippen LogP contribution in [0.5, 0.6) is 0 Å². The lowest BCUT2D eigenvalue weighted by Crippen LogP contribution is -2.28. The number of rotatable bonds is 5. The van der Waals surface area contributed by atoms with Gasteiger partial charge in [-0.2, -0.15) is 0 Å². The fraction of sp³-hybridized carbons (Fsp3) is 0.379. The average Bonchev–Trinajstić information content (AvgIpc) is 3.42. The second-order valence-electron chi connectivity index (χ2n) is 10.1. The maximum absolute atomic E-state index is 13.7. The number of aliphatic imine (C=N–C) groups is 1. The molecule has 3 heteroatoms. The van der Waals surface area contributed by atoms with Crippen LogP contribution in [0, 0.1) is 6.92 Å². The number of Topliss-reactive ketones (excluding diaryl/α,β-unsaturated/α-hetero) is 1. The van der Waals surface area contributed by atoms with E-state index in [1.807, 2.05) is 18.3 Å². The lowest BCUT2D eigenvalue weighted by Gasteiger charge is -2.22. The van der Waals surface area contributed by atoms with Crippen LogP contribution in [0.15, 0.2) is 77.4 Å². The number of amidine groups is 1. The molecule has 1 saturated heterocycles. The summed E-state index contributed by atoms with van der Waals surface area (Å²) in [6, 6.07) is 16.5. The molecule has 0 saturated carbocycles. The molecule has 2 heterocycles. The molecule has 2 aromatic carbocycles. The fourth-order valence-electron chi connectivity index (χ4n) is 4.53. The van der Waals surface area contributed by atoms with Crippen LogP contribution in [0.2, 0.25) is 0 Å². The zero-order valence-electron chi connectivity index (χ0n) is 19.8. The van der Waals surface area contributed by atoms with Gasteiger partial charge in [0.1, 0.15) is 5.84 Å². The Morgan fingerprint density at radius 3 is 2.25 bits per heavy atom. The number of benzene rings is 2. The van der Waals surface area contributed by atoms with E-state index in [2.05, 4.69) is 80.6 Å². The minimum absolute atomic E-state index is 0.0631. The van der Waals surface area contributed by atoms with Crippen LogP contribution in [-0.2, 0) is 5.41 Å². The maximum Gasteiger partial charge on any atom is 0.170 e. The quantitative estimate of drug-likeness (QED) is 0.505. The van der Waals surface area contributed by atoms with Crippen molar-refractivity contribution in [3.8, 4) is 0 Å². The van der Waals surface area contributed by atoms with Crippen molar-refractivity contribution in [2.75, 3.05) is 13.1 Å². The lowest BCUT2D eigenvalue weighted by molar-refractivity contribution is 0.0959. The number of hydrogen-bond acceptors (Lipinski definition) is 3. The van der Waals surface area contributed by atoms with Crippen LogP contribution in [-0.4, -0.2) is 29.6 Å². The summed E-state index contributed by atoms with van der Waals surface area (Å²) in [4.78, 5) is 20.7. The second kappa shape index (κ2) is 8.90. The number of carbonyl (C=O) groups excluding carboxylic acids is 1. The van der Waals surface area contributed by atoms with Crippen LogP contribution in [0.3, 0.4) is 0 Å². The van der Waals surface area contributed by atoms with Gasteiger partial charge in [-0.1, -0.05) is 81.4 Å². The first-order valence-electron chi connectivity index (χ1n) is 11.7. The normalized spacial score (nSPS) is 17.4. The van der Waals surface area contributed by atoms with Gasteiger partial charge in [-0.15, -0.1) is 0 Å². The fourth-order valence-corrected chi connectivity index (χ4v) is 4.53. The van der Waals surface area contributed by atoms with Gasteiger partial charge in [-0.05, 0) is 48.3 Å². The summed E-state index contributed by atoms with van der Waals surface area (Å²) in [5.41, 5.74) is 6.33. The van der Waals surface area contributed by atoms with E-state index in [0.717, 1.165) is 41.2 Å². The smallest absolute Gasteiger partial charge is 0.170 e. The molecule has 0 aliphatic carbocycles. The molecule has 4 rings (SSSR count). The first kappa shape index (κ1) is 22.3. The molecule has 0 radical (unpaired) electrons. The van der Waals surface area contributed by atoms with E-state index in [-0.39, 0.29) is 17.1 Å². The largest absolute Gasteiger partial charge is 0.356 e. The van der Waals surface area contributed by atoms with Gasteiger partial charge in [0.2, 0.25) is 0 Å². The van der Waals surface area contributed by atoms with Crippen LogP contribution in [0.4, 0.5) is 0 Å². The Labute approximate surface area is 192 Å². The summed E-state index contributed by atoms with van der Waals surface area (Å²) in [5.74, 6) is 0.881. The highest BCUT2D eigenvalue weighted by Crippen LogP contribution is 2.34. The Morgan fingerprint density at radius 1 is 1.03 bits per heavy atom. The Morgan fingerprint density at radius 2 is 1.66 bits per heavy atom. The number of hydrogen-bond donors (Lipinski definition) is 0. The summed E-state index contributed by atoms with van der Waals surface area (Å²) >= 11 is 0. The zero-order valence-corrected chi connectivity index (χ0v) is 19.8. The molecule has 1 unspecified atom stereocenters. The number of likely N-dealkylation sites (tertiary alicyclic amines) is 1. The molecule has 32 heavy (non-hydrogen) atoms. The van der Waals surface area contributed by atoms with Crippen molar-refractivity contribution in [2.24, 2.45) is 4.99 Å². The molecule has 0 N–H and O–H groups in total. The number of ketones is 1. The molecule has 1 atom stereocenters. The van der Waals surface area contributed by atoms with E-state index in [1.165, 1.54) is 24.0 Å². The van der Waals surface area contributed by atoms with Crippen LogP contribution in [0.1, 0.15) is 73.0 Å². The molecule has 0 bridgehead atoms. The summed E-state index contributed by atoms with van der Waals surface area (Å²) in [6.07, 6.45) is 4.95. The van der Waals surface area contributed by atoms with E-state index >= 15 is 0 Å². The molecule has 2 aromatic rings.